The Morgan fingerprint density at radius 2 is 1.89 bits per heavy atom. The first-order valence-electron chi connectivity index (χ1n) is 12.1. The van der Waals surface area contributed by atoms with E-state index in [9.17, 15) is 9.59 Å². The number of hydrogen-bond acceptors (Lipinski definition) is 8. The molecule has 38 heavy (non-hydrogen) atoms. The molecule has 3 aromatic rings. The van der Waals surface area contributed by atoms with Gasteiger partial charge in [0.1, 0.15) is 5.56 Å². The zero-order valence-corrected chi connectivity index (χ0v) is 22.5. The van der Waals surface area contributed by atoms with Gasteiger partial charge < -0.3 is 25.2 Å². The Bertz CT molecular complexity index is 1360. The average molecular weight is 556 g/mol. The van der Waals surface area contributed by atoms with E-state index in [1.165, 1.54) is 11.1 Å². The molecule has 10 nitrogen and oxygen atoms in total. The van der Waals surface area contributed by atoms with Gasteiger partial charge in [-0.3, -0.25) is 14.5 Å². The van der Waals surface area contributed by atoms with Gasteiger partial charge in [-0.05, 0) is 35.9 Å². The highest BCUT2D eigenvalue weighted by Crippen LogP contribution is 2.37. The highest BCUT2D eigenvalue weighted by atomic mass is 35.5. The molecule has 1 aromatic heterocycles. The van der Waals surface area contributed by atoms with Crippen molar-refractivity contribution >= 4 is 58.0 Å². The highest BCUT2D eigenvalue weighted by molar-refractivity contribution is 6.40. The predicted molar refractivity (Wildman–Crippen MR) is 148 cm³/mol. The lowest BCUT2D eigenvalue weighted by Crippen LogP contribution is -2.44. The highest BCUT2D eigenvalue weighted by Gasteiger charge is 2.31. The molecule has 12 heteroatoms. The van der Waals surface area contributed by atoms with Gasteiger partial charge in [-0.1, -0.05) is 29.3 Å². The summed E-state index contributed by atoms with van der Waals surface area (Å²) in [5.41, 5.74) is 3.23. The summed E-state index contributed by atoms with van der Waals surface area (Å²) in [5, 5.41) is 7.21. The Morgan fingerprint density at radius 3 is 2.61 bits per heavy atom. The number of aromatic nitrogens is 2. The number of ether oxygens (including phenoxy) is 1. The van der Waals surface area contributed by atoms with E-state index < -0.39 is 0 Å². The molecule has 2 aliphatic heterocycles. The van der Waals surface area contributed by atoms with Gasteiger partial charge in [0.05, 0.1) is 22.2 Å². The second-order valence-corrected chi connectivity index (χ2v) is 9.97. The number of amides is 2. The fourth-order valence-electron chi connectivity index (χ4n) is 4.40. The van der Waals surface area contributed by atoms with Crippen molar-refractivity contribution in [2.75, 3.05) is 62.1 Å². The minimum absolute atomic E-state index is 0.0126. The van der Waals surface area contributed by atoms with Crippen LogP contribution in [0.5, 0.6) is 5.88 Å². The van der Waals surface area contributed by atoms with E-state index in [0.29, 0.717) is 15.7 Å². The first-order valence-corrected chi connectivity index (χ1v) is 12.9. The number of likely N-dealkylation sites (N-methyl/N-ethyl adjacent to an activating group) is 1. The van der Waals surface area contributed by atoms with Crippen molar-refractivity contribution in [1.82, 2.24) is 20.2 Å². The molecule has 0 bridgehead atoms. The number of carbonyl (C=O) groups is 2. The first kappa shape index (κ1) is 26.0. The summed E-state index contributed by atoms with van der Waals surface area (Å²) in [7, 11) is 3.50. The topological polar surface area (TPSA) is 103 Å². The van der Waals surface area contributed by atoms with Crippen LogP contribution in [0.4, 0.5) is 23.0 Å². The average Bonchev–Trinajstić information content (AvgIpc) is 2.90. The molecule has 0 unspecified atom stereocenters. The smallest absolute Gasteiger partial charge is 0.268 e. The van der Waals surface area contributed by atoms with Crippen molar-refractivity contribution in [3.8, 4) is 5.88 Å². The molecule has 0 spiro atoms. The zero-order valence-electron chi connectivity index (χ0n) is 21.0. The van der Waals surface area contributed by atoms with Gasteiger partial charge >= 0.3 is 0 Å². The predicted octanol–water partition coefficient (Wildman–Crippen LogP) is 3.56. The van der Waals surface area contributed by atoms with Gasteiger partial charge in [0.15, 0.2) is 6.73 Å². The van der Waals surface area contributed by atoms with Crippen molar-refractivity contribution in [3.05, 3.63) is 63.8 Å². The molecule has 2 aromatic carbocycles. The maximum Gasteiger partial charge on any atom is 0.268 e. The Hall–Kier alpha value is -3.60. The standard InChI is InChI=1S/C26H27Cl2N7O3/c1-33(2)22(36)13-16-12-17(6-7-21(16)34-10-8-29-9-11-34)31-26-30-14-18-24(32-26)38-15-35(25(18)37)23-19(27)4-3-5-20(23)28/h3-7,12,14,29H,8-11,13,15H2,1-2H3,(H,30,31,32). The lowest BCUT2D eigenvalue weighted by molar-refractivity contribution is -0.127. The monoisotopic (exact) mass is 555 g/mol. The van der Waals surface area contributed by atoms with E-state index in [-0.39, 0.29) is 42.4 Å². The van der Waals surface area contributed by atoms with E-state index in [0.717, 1.165) is 43.1 Å². The van der Waals surface area contributed by atoms with E-state index in [1.807, 2.05) is 18.2 Å². The summed E-state index contributed by atoms with van der Waals surface area (Å²) >= 11 is 12.6. The summed E-state index contributed by atoms with van der Waals surface area (Å²) in [5.74, 6) is 0.0734. The number of carbonyl (C=O) groups excluding carboxylic acids is 2. The van der Waals surface area contributed by atoms with E-state index in [1.54, 1.807) is 37.2 Å². The molecule has 0 saturated carbocycles. The van der Waals surface area contributed by atoms with Crippen LogP contribution in [0.2, 0.25) is 10.0 Å². The van der Waals surface area contributed by atoms with Crippen molar-refractivity contribution in [1.29, 1.82) is 0 Å². The molecule has 2 aliphatic rings. The van der Waals surface area contributed by atoms with Crippen LogP contribution in [-0.4, -0.2) is 73.7 Å². The number of para-hydroxylation sites is 1. The third-order valence-corrected chi connectivity index (χ3v) is 7.01. The van der Waals surface area contributed by atoms with Crippen LogP contribution in [0.1, 0.15) is 15.9 Å². The maximum absolute atomic E-state index is 13.2. The Kier molecular flexibility index (Phi) is 7.55. The molecular formula is C26H27Cl2N7O3. The van der Waals surface area contributed by atoms with Gasteiger partial charge in [0.25, 0.3) is 5.91 Å². The number of nitrogens with zero attached hydrogens (tertiary/aromatic N) is 5. The molecule has 1 saturated heterocycles. The van der Waals surface area contributed by atoms with Crippen LogP contribution >= 0.6 is 23.2 Å². The zero-order chi connectivity index (χ0) is 26.8. The molecule has 198 valence electrons. The number of rotatable bonds is 6. The van der Waals surface area contributed by atoms with Crippen LogP contribution in [-0.2, 0) is 11.2 Å². The fraction of sp³-hybridized carbons (Fsp3) is 0.308. The summed E-state index contributed by atoms with van der Waals surface area (Å²) in [4.78, 5) is 39.7. The van der Waals surface area contributed by atoms with Crippen molar-refractivity contribution in [2.45, 2.75) is 6.42 Å². The number of halogens is 2. The Labute approximate surface area is 230 Å². The molecule has 3 heterocycles. The third-order valence-electron chi connectivity index (χ3n) is 6.40. The third kappa shape index (κ3) is 5.33. The van der Waals surface area contributed by atoms with Crippen LogP contribution < -0.4 is 25.2 Å². The maximum atomic E-state index is 13.2. The number of hydrogen-bond donors (Lipinski definition) is 2. The molecule has 5 rings (SSSR count). The summed E-state index contributed by atoms with van der Waals surface area (Å²) in [6.45, 7) is 3.42. The number of anilines is 4. The largest absolute Gasteiger partial charge is 0.455 e. The molecule has 0 radical (unpaired) electrons. The molecule has 2 amide bonds. The van der Waals surface area contributed by atoms with E-state index >= 15 is 0 Å². The van der Waals surface area contributed by atoms with Gasteiger partial charge in [0.2, 0.25) is 17.7 Å². The van der Waals surface area contributed by atoms with Gasteiger partial charge in [0, 0.05) is 57.8 Å². The molecule has 2 N–H and O–H groups in total. The second-order valence-electron chi connectivity index (χ2n) is 9.16. The lowest BCUT2D eigenvalue weighted by Gasteiger charge is -2.31. The van der Waals surface area contributed by atoms with Crippen molar-refractivity contribution in [2.24, 2.45) is 0 Å². The summed E-state index contributed by atoms with van der Waals surface area (Å²) < 4.78 is 5.78. The molecule has 0 aliphatic carbocycles. The van der Waals surface area contributed by atoms with Gasteiger partial charge in [-0.15, -0.1) is 0 Å². The second kappa shape index (κ2) is 11.0. The van der Waals surface area contributed by atoms with Crippen LogP contribution in [0, 0.1) is 0 Å². The summed E-state index contributed by atoms with van der Waals surface area (Å²) in [6, 6.07) is 10.9. The normalized spacial score (nSPS) is 15.1. The fourth-order valence-corrected chi connectivity index (χ4v) is 5.00. The Morgan fingerprint density at radius 1 is 1.16 bits per heavy atom. The minimum Gasteiger partial charge on any atom is -0.455 e. The van der Waals surface area contributed by atoms with Crippen molar-refractivity contribution in [3.63, 3.8) is 0 Å². The van der Waals surface area contributed by atoms with Gasteiger partial charge in [-0.25, -0.2) is 4.98 Å². The van der Waals surface area contributed by atoms with E-state index in [2.05, 4.69) is 25.5 Å². The van der Waals surface area contributed by atoms with Crippen LogP contribution in [0.25, 0.3) is 0 Å². The molecule has 0 atom stereocenters. The molecule has 1 fully saturated rings. The minimum atomic E-state index is -0.363. The lowest BCUT2D eigenvalue weighted by atomic mass is 10.1. The first-order chi connectivity index (χ1) is 18.3. The Balaban J connectivity index is 1.39. The quantitative estimate of drug-likeness (QED) is 0.476. The number of benzene rings is 2. The van der Waals surface area contributed by atoms with Crippen LogP contribution in [0.15, 0.2) is 42.6 Å². The SMILES string of the molecule is CN(C)C(=O)Cc1cc(Nc2ncc3c(n2)OCN(c2c(Cl)cccc2Cl)C3=O)ccc1N1CCNCC1. The van der Waals surface area contributed by atoms with E-state index in [4.69, 9.17) is 27.9 Å². The summed E-state index contributed by atoms with van der Waals surface area (Å²) in [6.07, 6.45) is 1.68. The molecular weight excluding hydrogens is 529 g/mol. The van der Waals surface area contributed by atoms with Crippen LogP contribution in [0.3, 0.4) is 0 Å². The number of piperazine rings is 1. The van der Waals surface area contributed by atoms with Crippen molar-refractivity contribution < 1.29 is 14.3 Å². The van der Waals surface area contributed by atoms with Gasteiger partial charge in [-0.2, -0.15) is 4.98 Å². The number of nitrogens with one attached hydrogen (secondary N) is 2. The number of fused-ring (bicyclic) bond motifs is 1.